The van der Waals surface area contributed by atoms with Gasteiger partial charge in [-0.2, -0.15) is 0 Å². The van der Waals surface area contributed by atoms with Crippen LogP contribution in [-0.4, -0.2) is 30.1 Å². The van der Waals surface area contributed by atoms with E-state index >= 15 is 0 Å². The van der Waals surface area contributed by atoms with E-state index in [9.17, 15) is 9.59 Å². The first-order valence-electron chi connectivity index (χ1n) is 6.08. The fraction of sp³-hybridized carbons (Fsp3) is 0.385. The number of hydrogen-bond acceptors (Lipinski definition) is 3. The number of benzene rings is 1. The zero-order valence-corrected chi connectivity index (χ0v) is 11.5. The second-order valence-electron chi connectivity index (χ2n) is 4.08. The minimum atomic E-state index is -1.06. The van der Waals surface area contributed by atoms with E-state index in [2.05, 4.69) is 17.6 Å². The molecule has 0 aliphatic heterocycles. The SMILES string of the molecule is CCCCNCC(=O)Nc1cc(C(=O)O)ccc1Cl. The first-order chi connectivity index (χ1) is 9.04. The molecule has 0 bridgehead atoms. The molecule has 0 radical (unpaired) electrons. The molecule has 0 aliphatic rings. The van der Waals surface area contributed by atoms with Crippen molar-refractivity contribution >= 4 is 29.2 Å². The molecule has 0 heterocycles. The molecule has 0 unspecified atom stereocenters. The van der Waals surface area contributed by atoms with Gasteiger partial charge in [-0.25, -0.2) is 4.79 Å². The third-order valence-corrected chi connectivity index (χ3v) is 2.81. The second kappa shape index (κ2) is 7.76. The van der Waals surface area contributed by atoms with E-state index in [1.54, 1.807) is 0 Å². The quantitative estimate of drug-likeness (QED) is 0.672. The molecular formula is C13H17ClN2O3. The summed E-state index contributed by atoms with van der Waals surface area (Å²) in [6.45, 7) is 3.01. The van der Waals surface area contributed by atoms with Gasteiger partial charge in [0.2, 0.25) is 5.91 Å². The molecule has 0 aliphatic carbocycles. The van der Waals surface area contributed by atoms with Gasteiger partial charge in [-0.3, -0.25) is 4.79 Å². The van der Waals surface area contributed by atoms with Crippen LogP contribution in [0, 0.1) is 0 Å². The Labute approximate surface area is 117 Å². The Hall–Kier alpha value is -1.59. The molecule has 104 valence electrons. The zero-order valence-electron chi connectivity index (χ0n) is 10.7. The average molecular weight is 285 g/mol. The summed E-state index contributed by atoms with van der Waals surface area (Å²) in [6.07, 6.45) is 2.06. The highest BCUT2D eigenvalue weighted by Gasteiger charge is 2.09. The molecule has 6 heteroatoms. The Balaban J connectivity index is 2.58. The first kappa shape index (κ1) is 15.5. The van der Waals surface area contributed by atoms with Gasteiger partial charge in [0.25, 0.3) is 0 Å². The summed E-state index contributed by atoms with van der Waals surface area (Å²) < 4.78 is 0. The number of carbonyl (C=O) groups is 2. The van der Waals surface area contributed by atoms with Crippen LogP contribution in [0.25, 0.3) is 0 Å². The molecule has 1 rings (SSSR count). The summed E-state index contributed by atoms with van der Waals surface area (Å²) in [5, 5.41) is 14.8. The molecule has 1 aromatic carbocycles. The smallest absolute Gasteiger partial charge is 0.335 e. The van der Waals surface area contributed by atoms with Crippen LogP contribution in [0.4, 0.5) is 5.69 Å². The average Bonchev–Trinajstić information content (AvgIpc) is 2.37. The predicted octanol–water partition coefficient (Wildman–Crippen LogP) is 2.37. The van der Waals surface area contributed by atoms with E-state index in [0.29, 0.717) is 10.7 Å². The molecule has 1 aromatic rings. The Morgan fingerprint density at radius 2 is 2.11 bits per heavy atom. The third-order valence-electron chi connectivity index (χ3n) is 2.48. The van der Waals surface area contributed by atoms with Crippen molar-refractivity contribution in [3.63, 3.8) is 0 Å². The van der Waals surface area contributed by atoms with Gasteiger partial charge in [0.05, 0.1) is 22.8 Å². The normalized spacial score (nSPS) is 10.2. The zero-order chi connectivity index (χ0) is 14.3. The van der Waals surface area contributed by atoms with Crippen LogP contribution in [-0.2, 0) is 4.79 Å². The Kier molecular flexibility index (Phi) is 6.32. The van der Waals surface area contributed by atoms with E-state index in [1.807, 2.05) is 0 Å². The number of nitrogens with one attached hydrogen (secondary N) is 2. The number of aromatic carboxylic acids is 1. The highest BCUT2D eigenvalue weighted by Crippen LogP contribution is 2.22. The molecule has 0 spiro atoms. The van der Waals surface area contributed by atoms with Crippen LogP contribution in [0.3, 0.4) is 0 Å². The summed E-state index contributed by atoms with van der Waals surface area (Å²) in [6, 6.07) is 4.18. The molecule has 1 amide bonds. The van der Waals surface area contributed by atoms with Crippen LogP contribution >= 0.6 is 11.6 Å². The number of hydrogen-bond donors (Lipinski definition) is 3. The summed E-state index contributed by atoms with van der Waals surface area (Å²) in [4.78, 5) is 22.5. The maximum atomic E-state index is 11.6. The van der Waals surface area contributed by atoms with Crippen molar-refractivity contribution in [3.05, 3.63) is 28.8 Å². The second-order valence-corrected chi connectivity index (χ2v) is 4.49. The number of carboxylic acids is 1. The highest BCUT2D eigenvalue weighted by molar-refractivity contribution is 6.33. The Morgan fingerprint density at radius 1 is 1.37 bits per heavy atom. The standard InChI is InChI=1S/C13H17ClN2O3/c1-2-3-6-15-8-12(17)16-11-7-9(13(18)19)4-5-10(11)14/h4-5,7,15H,2-3,6,8H2,1H3,(H,16,17)(H,18,19). The third kappa shape index (κ3) is 5.28. The van der Waals surface area contributed by atoms with Crippen LogP contribution in [0.2, 0.25) is 5.02 Å². The number of carbonyl (C=O) groups excluding carboxylic acids is 1. The first-order valence-corrected chi connectivity index (χ1v) is 6.45. The molecule has 5 nitrogen and oxygen atoms in total. The molecule has 0 aromatic heterocycles. The lowest BCUT2D eigenvalue weighted by molar-refractivity contribution is -0.115. The molecular weight excluding hydrogens is 268 g/mol. The summed E-state index contributed by atoms with van der Waals surface area (Å²) in [7, 11) is 0. The van der Waals surface area contributed by atoms with E-state index < -0.39 is 5.97 Å². The molecule has 3 N–H and O–H groups in total. The monoisotopic (exact) mass is 284 g/mol. The van der Waals surface area contributed by atoms with Gasteiger partial charge in [-0.1, -0.05) is 24.9 Å². The molecule has 0 atom stereocenters. The van der Waals surface area contributed by atoms with Gasteiger partial charge in [0.1, 0.15) is 0 Å². The maximum Gasteiger partial charge on any atom is 0.335 e. The van der Waals surface area contributed by atoms with Crippen molar-refractivity contribution in [1.82, 2.24) is 5.32 Å². The Morgan fingerprint density at radius 3 is 2.74 bits per heavy atom. The van der Waals surface area contributed by atoms with Crippen molar-refractivity contribution in [2.75, 3.05) is 18.4 Å². The molecule has 0 fully saturated rings. The summed E-state index contributed by atoms with van der Waals surface area (Å²) in [5.74, 6) is -1.31. The number of rotatable bonds is 7. The van der Waals surface area contributed by atoms with E-state index in [0.717, 1.165) is 19.4 Å². The lowest BCUT2D eigenvalue weighted by atomic mass is 10.2. The fourth-order valence-corrected chi connectivity index (χ4v) is 1.62. The molecule has 0 saturated carbocycles. The van der Waals surface area contributed by atoms with Gasteiger partial charge in [0.15, 0.2) is 0 Å². The highest BCUT2D eigenvalue weighted by atomic mass is 35.5. The number of unbranched alkanes of at least 4 members (excludes halogenated alkanes) is 1. The van der Waals surface area contributed by atoms with Crippen molar-refractivity contribution in [2.24, 2.45) is 0 Å². The molecule has 19 heavy (non-hydrogen) atoms. The lowest BCUT2D eigenvalue weighted by Crippen LogP contribution is -2.28. The van der Waals surface area contributed by atoms with Crippen molar-refractivity contribution in [1.29, 1.82) is 0 Å². The van der Waals surface area contributed by atoms with Crippen LogP contribution in [0.5, 0.6) is 0 Å². The van der Waals surface area contributed by atoms with Crippen molar-refractivity contribution < 1.29 is 14.7 Å². The summed E-state index contributed by atoms with van der Waals surface area (Å²) >= 11 is 5.90. The van der Waals surface area contributed by atoms with Gasteiger partial charge in [-0.15, -0.1) is 0 Å². The minimum Gasteiger partial charge on any atom is -0.478 e. The topological polar surface area (TPSA) is 78.4 Å². The van der Waals surface area contributed by atoms with E-state index in [4.69, 9.17) is 16.7 Å². The number of carboxylic acid groups (broad SMARTS) is 1. The minimum absolute atomic E-state index is 0.0821. The van der Waals surface area contributed by atoms with E-state index in [1.165, 1.54) is 18.2 Å². The Bertz CT molecular complexity index is 463. The summed E-state index contributed by atoms with van der Waals surface area (Å²) in [5.41, 5.74) is 0.391. The van der Waals surface area contributed by atoms with Gasteiger partial charge in [0, 0.05) is 0 Å². The van der Waals surface area contributed by atoms with Crippen molar-refractivity contribution in [2.45, 2.75) is 19.8 Å². The van der Waals surface area contributed by atoms with Gasteiger partial charge in [-0.05, 0) is 31.2 Å². The van der Waals surface area contributed by atoms with Crippen molar-refractivity contribution in [3.8, 4) is 0 Å². The van der Waals surface area contributed by atoms with E-state index in [-0.39, 0.29) is 18.0 Å². The van der Waals surface area contributed by atoms with Gasteiger partial charge >= 0.3 is 5.97 Å². The van der Waals surface area contributed by atoms with Crippen LogP contribution in [0.15, 0.2) is 18.2 Å². The van der Waals surface area contributed by atoms with Crippen LogP contribution < -0.4 is 10.6 Å². The largest absolute Gasteiger partial charge is 0.478 e. The number of amides is 1. The van der Waals surface area contributed by atoms with Gasteiger partial charge < -0.3 is 15.7 Å². The van der Waals surface area contributed by atoms with Crippen LogP contribution in [0.1, 0.15) is 30.1 Å². The number of halogens is 1. The fourth-order valence-electron chi connectivity index (χ4n) is 1.45. The lowest BCUT2D eigenvalue weighted by Gasteiger charge is -2.09. The predicted molar refractivity (Wildman–Crippen MR) is 74.8 cm³/mol. The number of anilines is 1. The molecule has 0 saturated heterocycles. The maximum absolute atomic E-state index is 11.6.